The molecule has 0 saturated carbocycles. The second-order valence-corrected chi connectivity index (χ2v) is 4.74. The first-order valence-corrected chi connectivity index (χ1v) is 6.00. The molecule has 0 unspecified atom stereocenters. The Hall–Kier alpha value is -1.69. The molecule has 0 aromatic heterocycles. The number of alkyl halides is 6. The van der Waals surface area contributed by atoms with Gasteiger partial charge in [-0.2, -0.15) is 26.3 Å². The Morgan fingerprint density at radius 1 is 0.619 bits per heavy atom. The van der Waals surface area contributed by atoms with E-state index < -0.39 is 23.5 Å². The van der Waals surface area contributed by atoms with Crippen LogP contribution in [0.2, 0.25) is 5.02 Å². The molecule has 2 rings (SSSR count). The van der Waals surface area contributed by atoms with Gasteiger partial charge in [-0.05, 0) is 41.5 Å². The van der Waals surface area contributed by atoms with E-state index in [0.717, 1.165) is 36.4 Å². The Bertz CT molecular complexity index is 640. The highest BCUT2D eigenvalue weighted by molar-refractivity contribution is 6.31. The van der Waals surface area contributed by atoms with Gasteiger partial charge >= 0.3 is 12.4 Å². The van der Waals surface area contributed by atoms with E-state index in [1.807, 2.05) is 0 Å². The van der Waals surface area contributed by atoms with Gasteiger partial charge in [0.15, 0.2) is 0 Å². The van der Waals surface area contributed by atoms with Gasteiger partial charge in [-0.3, -0.25) is 0 Å². The average Bonchev–Trinajstić information content (AvgIpc) is 2.36. The Kier molecular flexibility index (Phi) is 3.93. The highest BCUT2D eigenvalue weighted by Crippen LogP contribution is 2.36. The maximum Gasteiger partial charge on any atom is 0.416 e. The predicted octanol–water partition coefficient (Wildman–Crippen LogP) is 6.04. The van der Waals surface area contributed by atoms with Crippen LogP contribution in [-0.2, 0) is 12.4 Å². The zero-order valence-corrected chi connectivity index (χ0v) is 10.9. The van der Waals surface area contributed by atoms with Crippen molar-refractivity contribution in [1.29, 1.82) is 0 Å². The summed E-state index contributed by atoms with van der Waals surface area (Å²) in [4.78, 5) is 0. The van der Waals surface area contributed by atoms with Gasteiger partial charge in [-0.25, -0.2) is 0 Å². The Balaban J connectivity index is 2.45. The molecular weight excluding hydrogens is 318 g/mol. The van der Waals surface area contributed by atoms with Crippen molar-refractivity contribution in [2.45, 2.75) is 12.4 Å². The lowest BCUT2D eigenvalue weighted by Gasteiger charge is -2.11. The highest BCUT2D eigenvalue weighted by Gasteiger charge is 2.32. The van der Waals surface area contributed by atoms with Crippen LogP contribution >= 0.6 is 11.6 Å². The SMILES string of the molecule is FC(F)(F)c1ccc(-c2cc(Cl)cc(C(F)(F)F)c2)cc1. The Labute approximate surface area is 121 Å². The monoisotopic (exact) mass is 324 g/mol. The quantitative estimate of drug-likeness (QED) is 0.561. The van der Waals surface area contributed by atoms with Crippen molar-refractivity contribution in [3.63, 3.8) is 0 Å². The van der Waals surface area contributed by atoms with E-state index in [0.29, 0.717) is 0 Å². The Morgan fingerprint density at radius 2 is 1.14 bits per heavy atom. The number of hydrogen-bond acceptors (Lipinski definition) is 0. The molecule has 2 aromatic rings. The summed E-state index contributed by atoms with van der Waals surface area (Å²) < 4.78 is 75.3. The van der Waals surface area contributed by atoms with Crippen molar-refractivity contribution in [1.82, 2.24) is 0 Å². The molecule has 0 saturated heterocycles. The topological polar surface area (TPSA) is 0 Å². The van der Waals surface area contributed by atoms with Gasteiger partial charge in [0, 0.05) is 5.02 Å². The zero-order valence-electron chi connectivity index (χ0n) is 10.2. The second-order valence-electron chi connectivity index (χ2n) is 4.30. The van der Waals surface area contributed by atoms with Crippen molar-refractivity contribution in [3.8, 4) is 11.1 Å². The predicted molar refractivity (Wildman–Crippen MR) is 66.9 cm³/mol. The summed E-state index contributed by atoms with van der Waals surface area (Å²) in [5.74, 6) is 0. The molecule has 0 nitrogen and oxygen atoms in total. The molecule has 7 heteroatoms. The van der Waals surface area contributed by atoms with Gasteiger partial charge in [-0.15, -0.1) is 0 Å². The molecule has 2 aromatic carbocycles. The molecular formula is C14H7ClF6. The summed E-state index contributed by atoms with van der Waals surface area (Å²) in [6.07, 6.45) is -9.07. The molecule has 0 aliphatic heterocycles. The van der Waals surface area contributed by atoms with Crippen LogP contribution in [0.4, 0.5) is 26.3 Å². The minimum Gasteiger partial charge on any atom is -0.166 e. The van der Waals surface area contributed by atoms with Gasteiger partial charge in [0.25, 0.3) is 0 Å². The molecule has 0 heterocycles. The fraction of sp³-hybridized carbons (Fsp3) is 0.143. The molecule has 0 fully saturated rings. The van der Waals surface area contributed by atoms with E-state index in [1.165, 1.54) is 6.07 Å². The summed E-state index contributed by atoms with van der Waals surface area (Å²) in [7, 11) is 0. The van der Waals surface area contributed by atoms with Crippen molar-refractivity contribution < 1.29 is 26.3 Å². The molecule has 21 heavy (non-hydrogen) atoms. The van der Waals surface area contributed by atoms with Crippen LogP contribution in [0.5, 0.6) is 0 Å². The molecule has 0 aliphatic carbocycles. The summed E-state index contributed by atoms with van der Waals surface area (Å²) >= 11 is 5.63. The van der Waals surface area contributed by atoms with E-state index in [9.17, 15) is 26.3 Å². The van der Waals surface area contributed by atoms with Crippen molar-refractivity contribution in [3.05, 3.63) is 58.6 Å². The number of rotatable bonds is 1. The summed E-state index contributed by atoms with van der Waals surface area (Å²) in [6.45, 7) is 0. The van der Waals surface area contributed by atoms with Gasteiger partial charge in [0.1, 0.15) is 0 Å². The molecule has 0 bridgehead atoms. The van der Waals surface area contributed by atoms with Crippen LogP contribution in [0.25, 0.3) is 11.1 Å². The summed E-state index contributed by atoms with van der Waals surface area (Å²) in [5.41, 5.74) is -1.51. The summed E-state index contributed by atoms with van der Waals surface area (Å²) in [6, 6.07) is 6.69. The lowest BCUT2D eigenvalue weighted by molar-refractivity contribution is -0.138. The third kappa shape index (κ3) is 3.69. The molecule has 0 N–H and O–H groups in total. The molecule has 0 aliphatic rings. The molecule has 0 atom stereocenters. The van der Waals surface area contributed by atoms with E-state index in [-0.39, 0.29) is 16.1 Å². The third-order valence-corrected chi connectivity index (χ3v) is 2.99. The van der Waals surface area contributed by atoms with E-state index in [2.05, 4.69) is 0 Å². The van der Waals surface area contributed by atoms with Crippen LogP contribution in [0.3, 0.4) is 0 Å². The van der Waals surface area contributed by atoms with Crippen LogP contribution in [0.1, 0.15) is 11.1 Å². The third-order valence-electron chi connectivity index (χ3n) is 2.77. The van der Waals surface area contributed by atoms with E-state index in [4.69, 9.17) is 11.6 Å². The number of hydrogen-bond donors (Lipinski definition) is 0. The Morgan fingerprint density at radius 3 is 1.62 bits per heavy atom. The van der Waals surface area contributed by atoms with Gasteiger partial charge < -0.3 is 0 Å². The van der Waals surface area contributed by atoms with Crippen molar-refractivity contribution in [2.24, 2.45) is 0 Å². The molecule has 0 radical (unpaired) electrons. The standard InChI is InChI=1S/C14H7ClF6/c15-12-6-9(5-11(7-12)14(19,20)21)8-1-3-10(4-2-8)13(16,17)18/h1-7H. The second kappa shape index (κ2) is 5.26. The first-order valence-electron chi connectivity index (χ1n) is 5.63. The molecule has 112 valence electrons. The fourth-order valence-corrected chi connectivity index (χ4v) is 2.01. The minimum absolute atomic E-state index is 0.101. The average molecular weight is 325 g/mol. The minimum atomic E-state index is -4.58. The first kappa shape index (κ1) is 15.7. The normalized spacial score (nSPS) is 12.5. The van der Waals surface area contributed by atoms with Gasteiger partial charge in [0.2, 0.25) is 0 Å². The first-order chi connectivity index (χ1) is 9.57. The van der Waals surface area contributed by atoms with Crippen LogP contribution in [0, 0.1) is 0 Å². The smallest absolute Gasteiger partial charge is 0.166 e. The number of benzene rings is 2. The van der Waals surface area contributed by atoms with Crippen molar-refractivity contribution >= 4 is 11.6 Å². The van der Waals surface area contributed by atoms with Crippen LogP contribution in [-0.4, -0.2) is 0 Å². The summed E-state index contributed by atoms with van der Waals surface area (Å²) in [5, 5.41) is -0.139. The lowest BCUT2D eigenvalue weighted by atomic mass is 10.0. The van der Waals surface area contributed by atoms with Crippen LogP contribution in [0.15, 0.2) is 42.5 Å². The fourth-order valence-electron chi connectivity index (χ4n) is 1.77. The molecule has 0 spiro atoms. The van der Waals surface area contributed by atoms with Crippen molar-refractivity contribution in [2.75, 3.05) is 0 Å². The van der Waals surface area contributed by atoms with E-state index in [1.54, 1.807) is 0 Å². The number of halogens is 7. The maximum atomic E-state index is 12.7. The van der Waals surface area contributed by atoms with E-state index >= 15 is 0 Å². The van der Waals surface area contributed by atoms with Gasteiger partial charge in [-0.1, -0.05) is 23.7 Å². The van der Waals surface area contributed by atoms with Gasteiger partial charge in [0.05, 0.1) is 11.1 Å². The van der Waals surface area contributed by atoms with Crippen LogP contribution < -0.4 is 0 Å². The zero-order chi connectivity index (χ0) is 15.8. The maximum absolute atomic E-state index is 12.7. The largest absolute Gasteiger partial charge is 0.416 e. The molecule has 0 amide bonds. The highest BCUT2D eigenvalue weighted by atomic mass is 35.5. The lowest BCUT2D eigenvalue weighted by Crippen LogP contribution is -2.05.